The number of nitrogens with zero attached hydrogens (tertiary/aromatic N) is 2. The van der Waals surface area contributed by atoms with Crippen molar-refractivity contribution in [2.75, 3.05) is 13.1 Å². The third-order valence-electron chi connectivity index (χ3n) is 3.82. The monoisotopic (exact) mass is 276 g/mol. The lowest BCUT2D eigenvalue weighted by Gasteiger charge is -2.32. The SMILES string of the molecule is CCCC1CCN(C(=O)c2ccnc(C(=O)O)c2)CC1. The number of carboxylic acids is 1. The molecule has 108 valence electrons. The third kappa shape index (κ3) is 3.35. The van der Waals surface area contributed by atoms with Gasteiger partial charge in [0.15, 0.2) is 0 Å². The van der Waals surface area contributed by atoms with Crippen LogP contribution in [-0.2, 0) is 0 Å². The molecule has 20 heavy (non-hydrogen) atoms. The van der Waals surface area contributed by atoms with Crippen molar-refractivity contribution in [3.8, 4) is 0 Å². The van der Waals surface area contributed by atoms with Crippen molar-refractivity contribution < 1.29 is 14.7 Å². The number of aromatic nitrogens is 1. The zero-order valence-corrected chi connectivity index (χ0v) is 11.7. The van der Waals surface area contributed by atoms with E-state index in [1.165, 1.54) is 25.1 Å². The maximum atomic E-state index is 12.3. The first kappa shape index (κ1) is 14.5. The van der Waals surface area contributed by atoms with Gasteiger partial charge in [-0.3, -0.25) is 4.79 Å². The van der Waals surface area contributed by atoms with Crippen molar-refractivity contribution in [1.29, 1.82) is 0 Å². The minimum Gasteiger partial charge on any atom is -0.477 e. The molecule has 1 amide bonds. The van der Waals surface area contributed by atoms with Gasteiger partial charge in [0.1, 0.15) is 5.69 Å². The number of hydrogen-bond acceptors (Lipinski definition) is 3. The Morgan fingerprint density at radius 3 is 2.70 bits per heavy atom. The van der Waals surface area contributed by atoms with Gasteiger partial charge < -0.3 is 10.0 Å². The van der Waals surface area contributed by atoms with E-state index in [9.17, 15) is 9.59 Å². The van der Waals surface area contributed by atoms with Crippen LogP contribution in [-0.4, -0.2) is 40.0 Å². The van der Waals surface area contributed by atoms with E-state index >= 15 is 0 Å². The van der Waals surface area contributed by atoms with Gasteiger partial charge in [-0.2, -0.15) is 0 Å². The summed E-state index contributed by atoms with van der Waals surface area (Å²) in [7, 11) is 0. The molecule has 0 radical (unpaired) electrons. The first-order chi connectivity index (χ1) is 9.61. The summed E-state index contributed by atoms with van der Waals surface area (Å²) < 4.78 is 0. The van der Waals surface area contributed by atoms with Crippen molar-refractivity contribution in [2.24, 2.45) is 5.92 Å². The standard InChI is InChI=1S/C15H20N2O3/c1-2-3-11-5-8-17(9-6-11)14(18)12-4-7-16-13(10-12)15(19)20/h4,7,10-11H,2-3,5-6,8-9H2,1H3,(H,19,20). The number of rotatable bonds is 4. The first-order valence-electron chi connectivity index (χ1n) is 7.10. The van der Waals surface area contributed by atoms with Gasteiger partial charge in [-0.1, -0.05) is 19.8 Å². The summed E-state index contributed by atoms with van der Waals surface area (Å²) in [5, 5.41) is 8.91. The Morgan fingerprint density at radius 2 is 2.10 bits per heavy atom. The minimum absolute atomic E-state index is 0.0864. The van der Waals surface area contributed by atoms with Gasteiger partial charge in [-0.15, -0.1) is 0 Å². The minimum atomic E-state index is -1.11. The molecule has 1 saturated heterocycles. The Kier molecular flexibility index (Phi) is 4.71. The number of carboxylic acid groups (broad SMARTS) is 1. The van der Waals surface area contributed by atoms with Crippen molar-refractivity contribution in [1.82, 2.24) is 9.88 Å². The van der Waals surface area contributed by atoms with Crippen molar-refractivity contribution in [3.05, 3.63) is 29.6 Å². The van der Waals surface area contributed by atoms with E-state index in [1.54, 1.807) is 6.07 Å². The molecular formula is C15H20N2O3. The van der Waals surface area contributed by atoms with Crippen LogP contribution in [0.15, 0.2) is 18.3 Å². The van der Waals surface area contributed by atoms with Crippen LogP contribution in [0.4, 0.5) is 0 Å². The molecule has 1 fully saturated rings. The smallest absolute Gasteiger partial charge is 0.354 e. The molecule has 1 N–H and O–H groups in total. The largest absolute Gasteiger partial charge is 0.477 e. The van der Waals surface area contributed by atoms with Crippen molar-refractivity contribution in [3.63, 3.8) is 0 Å². The molecular weight excluding hydrogens is 256 g/mol. The number of piperidine rings is 1. The lowest BCUT2D eigenvalue weighted by Crippen LogP contribution is -2.38. The molecule has 1 aliphatic rings. The third-order valence-corrected chi connectivity index (χ3v) is 3.82. The summed E-state index contributed by atoms with van der Waals surface area (Å²) in [6.45, 7) is 3.70. The molecule has 5 heteroatoms. The van der Waals surface area contributed by atoms with Crippen LogP contribution < -0.4 is 0 Å². The Hall–Kier alpha value is -1.91. The number of carbonyl (C=O) groups is 2. The number of carbonyl (C=O) groups excluding carboxylic acids is 1. The van der Waals surface area contributed by atoms with E-state index < -0.39 is 5.97 Å². The number of aromatic carboxylic acids is 1. The highest BCUT2D eigenvalue weighted by atomic mass is 16.4. The fraction of sp³-hybridized carbons (Fsp3) is 0.533. The van der Waals surface area contributed by atoms with E-state index in [1.807, 2.05) is 4.90 Å². The van der Waals surface area contributed by atoms with Gasteiger partial charge in [0.05, 0.1) is 0 Å². The van der Waals surface area contributed by atoms with Gasteiger partial charge in [0.2, 0.25) is 0 Å². The predicted octanol–water partition coefficient (Wildman–Crippen LogP) is 2.43. The number of amides is 1. The molecule has 1 aliphatic heterocycles. The quantitative estimate of drug-likeness (QED) is 0.917. The van der Waals surface area contributed by atoms with E-state index in [0.717, 1.165) is 31.8 Å². The highest BCUT2D eigenvalue weighted by Gasteiger charge is 2.23. The molecule has 0 aromatic carbocycles. The maximum Gasteiger partial charge on any atom is 0.354 e. The first-order valence-corrected chi connectivity index (χ1v) is 7.10. The zero-order chi connectivity index (χ0) is 14.5. The molecule has 2 heterocycles. The van der Waals surface area contributed by atoms with Crippen molar-refractivity contribution >= 4 is 11.9 Å². The van der Waals surface area contributed by atoms with Crippen molar-refractivity contribution in [2.45, 2.75) is 32.6 Å². The average molecular weight is 276 g/mol. The molecule has 1 aromatic heterocycles. The normalized spacial score (nSPS) is 16.1. The Balaban J connectivity index is 2.02. The van der Waals surface area contributed by atoms with Crippen LogP contribution in [0.25, 0.3) is 0 Å². The summed E-state index contributed by atoms with van der Waals surface area (Å²) >= 11 is 0. The summed E-state index contributed by atoms with van der Waals surface area (Å²) in [5.74, 6) is -0.484. The van der Waals surface area contributed by atoms with Gasteiger partial charge in [-0.05, 0) is 30.9 Å². The molecule has 0 aliphatic carbocycles. The molecule has 0 atom stereocenters. The van der Waals surface area contributed by atoms with E-state index in [-0.39, 0.29) is 11.6 Å². The molecule has 0 unspecified atom stereocenters. The fourth-order valence-corrected chi connectivity index (χ4v) is 2.70. The number of pyridine rings is 1. The predicted molar refractivity (Wildman–Crippen MR) is 74.7 cm³/mol. The molecule has 1 aromatic rings. The fourth-order valence-electron chi connectivity index (χ4n) is 2.70. The summed E-state index contributed by atoms with van der Waals surface area (Å²) in [6.07, 6.45) is 5.86. The molecule has 5 nitrogen and oxygen atoms in total. The maximum absolute atomic E-state index is 12.3. The lowest BCUT2D eigenvalue weighted by atomic mass is 9.92. The molecule has 0 saturated carbocycles. The summed E-state index contributed by atoms with van der Waals surface area (Å²) in [4.78, 5) is 28.8. The van der Waals surface area contributed by atoms with E-state index in [4.69, 9.17) is 5.11 Å². The van der Waals surface area contributed by atoms with Crippen LogP contribution in [0, 0.1) is 5.92 Å². The zero-order valence-electron chi connectivity index (χ0n) is 11.7. The van der Waals surface area contributed by atoms with Crippen LogP contribution in [0.1, 0.15) is 53.5 Å². The second-order valence-electron chi connectivity index (χ2n) is 5.26. The highest BCUT2D eigenvalue weighted by molar-refractivity contribution is 5.96. The van der Waals surface area contributed by atoms with Gasteiger partial charge in [-0.25, -0.2) is 9.78 Å². The topological polar surface area (TPSA) is 70.5 Å². The van der Waals surface area contributed by atoms with E-state index in [0.29, 0.717) is 5.56 Å². The number of hydrogen-bond donors (Lipinski definition) is 1. The summed E-state index contributed by atoms with van der Waals surface area (Å²) in [5.41, 5.74) is 0.322. The van der Waals surface area contributed by atoms with Gasteiger partial charge in [0, 0.05) is 24.8 Å². The Morgan fingerprint density at radius 1 is 1.40 bits per heavy atom. The van der Waals surface area contributed by atoms with Crippen LogP contribution >= 0.6 is 0 Å². The highest BCUT2D eigenvalue weighted by Crippen LogP contribution is 2.22. The Labute approximate surface area is 118 Å². The number of likely N-dealkylation sites (tertiary alicyclic amines) is 1. The molecule has 0 spiro atoms. The molecule has 2 rings (SSSR count). The second kappa shape index (κ2) is 6.50. The van der Waals surface area contributed by atoms with Crippen LogP contribution in [0.5, 0.6) is 0 Å². The van der Waals surface area contributed by atoms with Crippen LogP contribution in [0.3, 0.4) is 0 Å². The van der Waals surface area contributed by atoms with E-state index in [2.05, 4.69) is 11.9 Å². The second-order valence-corrected chi connectivity index (χ2v) is 5.26. The average Bonchev–Trinajstić information content (AvgIpc) is 2.48. The summed E-state index contributed by atoms with van der Waals surface area (Å²) in [6, 6.07) is 2.93. The Bertz CT molecular complexity index is 494. The lowest BCUT2D eigenvalue weighted by molar-refractivity contribution is 0.0686. The van der Waals surface area contributed by atoms with Gasteiger partial charge >= 0.3 is 5.97 Å². The molecule has 0 bridgehead atoms. The van der Waals surface area contributed by atoms with Crippen LogP contribution in [0.2, 0.25) is 0 Å². The van der Waals surface area contributed by atoms with Gasteiger partial charge in [0.25, 0.3) is 5.91 Å².